The van der Waals surface area contributed by atoms with Gasteiger partial charge in [-0.3, -0.25) is 0 Å². The van der Waals surface area contributed by atoms with E-state index in [9.17, 15) is 4.79 Å². The Kier molecular flexibility index (Phi) is 2.68. The van der Waals surface area contributed by atoms with E-state index >= 15 is 0 Å². The molecule has 0 aliphatic carbocycles. The van der Waals surface area contributed by atoms with Crippen LogP contribution in [-0.2, 0) is 0 Å². The second-order valence-electron chi connectivity index (χ2n) is 3.98. The molecule has 0 unspecified atom stereocenters. The number of fused-ring (bicyclic) bond motifs is 2. The first-order valence-electron chi connectivity index (χ1n) is 5.13. The lowest BCUT2D eigenvalue weighted by atomic mass is 10.1. The second kappa shape index (κ2) is 3.87. The van der Waals surface area contributed by atoms with Gasteiger partial charge >= 0.3 is 5.97 Å². The Hall–Kier alpha value is -1.42. The van der Waals surface area contributed by atoms with Gasteiger partial charge in [-0.15, -0.1) is 12.4 Å². The van der Waals surface area contributed by atoms with Crippen molar-refractivity contribution in [3.8, 4) is 0 Å². The van der Waals surface area contributed by atoms with Crippen LogP contribution in [0.1, 0.15) is 10.4 Å². The van der Waals surface area contributed by atoms with Crippen molar-refractivity contribution in [1.29, 1.82) is 0 Å². The Morgan fingerprint density at radius 2 is 1.62 bits per heavy atom. The lowest BCUT2D eigenvalue weighted by Gasteiger charge is -2.45. The van der Waals surface area contributed by atoms with E-state index in [0.29, 0.717) is 5.56 Å². The van der Waals surface area contributed by atoms with E-state index < -0.39 is 5.97 Å². The number of nitrogens with zero attached hydrogens (tertiary/aromatic N) is 2. The predicted octanol–water partition coefficient (Wildman–Crippen LogP) is 1.45. The summed E-state index contributed by atoms with van der Waals surface area (Å²) in [6, 6.07) is 5.38. The molecule has 5 heteroatoms. The molecule has 16 heavy (non-hydrogen) atoms. The highest BCUT2D eigenvalue weighted by Crippen LogP contribution is 2.36. The molecule has 86 valence electrons. The minimum atomic E-state index is -0.851. The van der Waals surface area contributed by atoms with Crippen LogP contribution in [0.15, 0.2) is 18.2 Å². The van der Waals surface area contributed by atoms with Crippen molar-refractivity contribution in [2.75, 3.05) is 36.0 Å². The number of anilines is 2. The standard InChI is InChI=1S/C11H12N2O2.ClH/c14-11(15)8-1-2-9-10(7-8)13-5-3-12(9)4-6-13;/h1-2,7H,3-6H2,(H,14,15);1H. The maximum Gasteiger partial charge on any atom is 0.335 e. The van der Waals surface area contributed by atoms with Crippen molar-refractivity contribution < 1.29 is 9.90 Å². The quantitative estimate of drug-likeness (QED) is 0.807. The summed E-state index contributed by atoms with van der Waals surface area (Å²) in [7, 11) is 0. The number of aromatic carboxylic acids is 1. The van der Waals surface area contributed by atoms with E-state index in [2.05, 4.69) is 9.80 Å². The highest BCUT2D eigenvalue weighted by molar-refractivity contribution is 5.91. The largest absolute Gasteiger partial charge is 0.478 e. The average Bonchev–Trinajstić information content (AvgIpc) is 2.30. The SMILES string of the molecule is Cl.O=C(O)c1ccc2c(c1)N1CCN2CC1. The molecule has 0 spiro atoms. The minimum absolute atomic E-state index is 0. The summed E-state index contributed by atoms with van der Waals surface area (Å²) in [4.78, 5) is 15.4. The average molecular weight is 241 g/mol. The van der Waals surface area contributed by atoms with Gasteiger partial charge in [-0.25, -0.2) is 4.79 Å². The van der Waals surface area contributed by atoms with Crippen LogP contribution in [0, 0.1) is 0 Å². The van der Waals surface area contributed by atoms with Crippen LogP contribution in [0.2, 0.25) is 0 Å². The third kappa shape index (κ3) is 1.50. The number of halogens is 1. The number of carboxylic acid groups (broad SMARTS) is 1. The molecule has 1 aromatic carbocycles. The van der Waals surface area contributed by atoms with Gasteiger partial charge in [0.25, 0.3) is 0 Å². The monoisotopic (exact) mass is 240 g/mol. The van der Waals surface area contributed by atoms with Gasteiger partial charge in [0.2, 0.25) is 0 Å². The molecule has 0 radical (unpaired) electrons. The summed E-state index contributed by atoms with van der Waals surface area (Å²) in [6.07, 6.45) is 0. The molecule has 0 amide bonds. The van der Waals surface area contributed by atoms with Gasteiger partial charge in [0.1, 0.15) is 0 Å². The zero-order valence-corrected chi connectivity index (χ0v) is 9.54. The number of benzene rings is 1. The summed E-state index contributed by atoms with van der Waals surface area (Å²) in [5, 5.41) is 8.92. The lowest BCUT2D eigenvalue weighted by Crippen LogP contribution is -2.51. The van der Waals surface area contributed by atoms with Crippen molar-refractivity contribution in [2.45, 2.75) is 0 Å². The Bertz CT molecular complexity index is 428. The smallest absolute Gasteiger partial charge is 0.335 e. The molecule has 1 aromatic rings. The maximum absolute atomic E-state index is 10.9. The molecule has 0 atom stereocenters. The van der Waals surface area contributed by atoms with Crippen LogP contribution >= 0.6 is 12.4 Å². The zero-order valence-electron chi connectivity index (χ0n) is 8.72. The Balaban J connectivity index is 0.000000963. The van der Waals surface area contributed by atoms with E-state index in [1.54, 1.807) is 12.1 Å². The van der Waals surface area contributed by atoms with Crippen molar-refractivity contribution in [1.82, 2.24) is 0 Å². The third-order valence-electron chi connectivity index (χ3n) is 3.18. The molecular formula is C11H13ClN2O2. The third-order valence-corrected chi connectivity index (χ3v) is 3.18. The molecule has 1 N–H and O–H groups in total. The minimum Gasteiger partial charge on any atom is -0.478 e. The number of carboxylic acids is 1. The highest BCUT2D eigenvalue weighted by Gasteiger charge is 2.28. The fourth-order valence-corrected chi connectivity index (χ4v) is 2.37. The van der Waals surface area contributed by atoms with Crippen molar-refractivity contribution in [3.05, 3.63) is 23.8 Å². The molecule has 3 aliphatic rings. The van der Waals surface area contributed by atoms with Crippen LogP contribution in [0.3, 0.4) is 0 Å². The van der Waals surface area contributed by atoms with Crippen LogP contribution < -0.4 is 9.80 Å². The highest BCUT2D eigenvalue weighted by atomic mass is 35.5. The summed E-state index contributed by atoms with van der Waals surface area (Å²) in [6.45, 7) is 4.13. The Labute approximate surface area is 99.9 Å². The van der Waals surface area contributed by atoms with E-state index in [0.717, 1.165) is 31.9 Å². The van der Waals surface area contributed by atoms with Gasteiger partial charge in [0.05, 0.1) is 16.9 Å². The van der Waals surface area contributed by atoms with Gasteiger partial charge in [-0.05, 0) is 18.2 Å². The van der Waals surface area contributed by atoms with Crippen molar-refractivity contribution in [3.63, 3.8) is 0 Å². The van der Waals surface area contributed by atoms with Crippen LogP contribution in [0.5, 0.6) is 0 Å². The number of rotatable bonds is 1. The molecule has 4 nitrogen and oxygen atoms in total. The molecule has 0 saturated carbocycles. The van der Waals surface area contributed by atoms with Crippen molar-refractivity contribution in [2.24, 2.45) is 0 Å². The Morgan fingerprint density at radius 1 is 1.06 bits per heavy atom. The molecular weight excluding hydrogens is 228 g/mol. The molecule has 1 fully saturated rings. The Morgan fingerprint density at radius 3 is 2.19 bits per heavy atom. The maximum atomic E-state index is 10.9. The van der Waals surface area contributed by atoms with Gasteiger partial charge in [-0.1, -0.05) is 0 Å². The van der Waals surface area contributed by atoms with Gasteiger partial charge in [0.15, 0.2) is 0 Å². The summed E-state index contributed by atoms with van der Waals surface area (Å²) < 4.78 is 0. The first kappa shape index (κ1) is 11.1. The number of hydrogen-bond donors (Lipinski definition) is 1. The first-order valence-corrected chi connectivity index (χ1v) is 5.13. The summed E-state index contributed by atoms with van der Waals surface area (Å²) in [5.41, 5.74) is 2.63. The van der Waals surface area contributed by atoms with Crippen LogP contribution in [-0.4, -0.2) is 37.3 Å². The normalized spacial score (nSPS) is 16.8. The van der Waals surface area contributed by atoms with Crippen LogP contribution in [0.25, 0.3) is 0 Å². The van der Waals surface area contributed by atoms with E-state index in [-0.39, 0.29) is 12.4 Å². The topological polar surface area (TPSA) is 43.8 Å². The van der Waals surface area contributed by atoms with E-state index in [4.69, 9.17) is 5.11 Å². The van der Waals surface area contributed by atoms with Crippen LogP contribution in [0.4, 0.5) is 11.4 Å². The summed E-state index contributed by atoms with van der Waals surface area (Å²) in [5.74, 6) is -0.851. The van der Waals surface area contributed by atoms with E-state index in [1.165, 1.54) is 5.69 Å². The number of carbonyl (C=O) groups is 1. The second-order valence-corrected chi connectivity index (χ2v) is 3.98. The molecule has 0 aromatic heterocycles. The molecule has 2 bridgehead atoms. The van der Waals surface area contributed by atoms with Gasteiger partial charge in [0, 0.05) is 26.2 Å². The van der Waals surface area contributed by atoms with Crippen molar-refractivity contribution >= 4 is 29.8 Å². The summed E-state index contributed by atoms with van der Waals surface area (Å²) >= 11 is 0. The molecule has 1 saturated heterocycles. The zero-order chi connectivity index (χ0) is 10.4. The fraction of sp³-hybridized carbons (Fsp3) is 0.364. The molecule has 4 rings (SSSR count). The first-order chi connectivity index (χ1) is 7.25. The number of piperazine rings is 1. The van der Waals surface area contributed by atoms with Gasteiger partial charge < -0.3 is 14.9 Å². The number of hydrogen-bond acceptors (Lipinski definition) is 3. The molecule has 3 aliphatic heterocycles. The lowest BCUT2D eigenvalue weighted by molar-refractivity contribution is 0.0697. The fourth-order valence-electron chi connectivity index (χ4n) is 2.37. The molecule has 3 heterocycles. The van der Waals surface area contributed by atoms with E-state index in [1.807, 2.05) is 6.07 Å². The predicted molar refractivity (Wildman–Crippen MR) is 65.1 cm³/mol. The van der Waals surface area contributed by atoms with Gasteiger partial charge in [-0.2, -0.15) is 0 Å².